The smallest absolute Gasteiger partial charge is 0.143 e. The van der Waals surface area contributed by atoms with E-state index in [9.17, 15) is 4.79 Å². The summed E-state index contributed by atoms with van der Waals surface area (Å²) in [6, 6.07) is 8.46. The number of carbonyl (C=O) groups is 1. The number of ether oxygens (including phenoxy) is 1. The average Bonchev–Trinajstić information content (AvgIpc) is 2.62. The van der Waals surface area contributed by atoms with Gasteiger partial charge in [-0.05, 0) is 36.3 Å². The first-order chi connectivity index (χ1) is 9.70. The molecule has 1 saturated heterocycles. The summed E-state index contributed by atoms with van der Waals surface area (Å²) in [5.74, 6) is 0.645. The van der Waals surface area contributed by atoms with Crippen molar-refractivity contribution in [2.24, 2.45) is 11.8 Å². The lowest BCUT2D eigenvalue weighted by atomic mass is 9.83. The Hall–Kier alpha value is -1.15. The zero-order valence-corrected chi connectivity index (χ0v) is 14.1. The normalized spacial score (nSPS) is 29.6. The van der Waals surface area contributed by atoms with E-state index in [4.69, 9.17) is 4.74 Å². The lowest BCUT2D eigenvalue weighted by molar-refractivity contribution is -0.124. The van der Waals surface area contributed by atoms with E-state index in [1.54, 1.807) is 0 Å². The molecular weight excluding hydrogens is 260 g/mol. The third-order valence-corrected chi connectivity index (χ3v) is 4.81. The highest BCUT2D eigenvalue weighted by molar-refractivity contribution is 5.84. The second kappa shape index (κ2) is 5.92. The summed E-state index contributed by atoms with van der Waals surface area (Å²) in [5, 5.41) is 0. The highest BCUT2D eigenvalue weighted by atomic mass is 16.5. The maximum absolute atomic E-state index is 12.6. The van der Waals surface area contributed by atoms with Crippen LogP contribution in [0.3, 0.4) is 0 Å². The standard InChI is InChI=1S/C19H28O2/c1-12-13(2)21-14(3)18(12)17(20)11-15-7-9-16(10-8-15)19(4,5)6/h7-10,12-14,18H,11H2,1-6H3. The molecule has 2 nitrogen and oxygen atoms in total. The van der Waals surface area contributed by atoms with Crippen molar-refractivity contribution in [1.82, 2.24) is 0 Å². The fraction of sp³-hybridized carbons (Fsp3) is 0.632. The second-order valence-electron chi connectivity index (χ2n) is 7.52. The molecule has 2 heteroatoms. The van der Waals surface area contributed by atoms with Crippen LogP contribution in [0.2, 0.25) is 0 Å². The summed E-state index contributed by atoms with van der Waals surface area (Å²) in [4.78, 5) is 12.6. The predicted octanol–water partition coefficient (Wildman–Crippen LogP) is 4.16. The number of Topliss-reactive ketones (excluding diaryl/α,β-unsaturated/α-hetero) is 1. The molecule has 1 fully saturated rings. The Labute approximate surface area is 128 Å². The Bertz CT molecular complexity index is 495. The van der Waals surface area contributed by atoms with Gasteiger partial charge in [0.05, 0.1) is 12.2 Å². The minimum atomic E-state index is 0.0299. The van der Waals surface area contributed by atoms with Gasteiger partial charge >= 0.3 is 0 Å². The maximum atomic E-state index is 12.6. The zero-order valence-electron chi connectivity index (χ0n) is 14.1. The van der Waals surface area contributed by atoms with Gasteiger partial charge in [0.2, 0.25) is 0 Å². The van der Waals surface area contributed by atoms with E-state index in [1.807, 2.05) is 6.92 Å². The molecule has 0 amide bonds. The molecular formula is C19H28O2. The molecule has 0 radical (unpaired) electrons. The third-order valence-electron chi connectivity index (χ3n) is 4.81. The van der Waals surface area contributed by atoms with Crippen LogP contribution in [-0.2, 0) is 21.4 Å². The first-order valence-corrected chi connectivity index (χ1v) is 7.97. The molecule has 1 aromatic rings. The number of hydrogen-bond donors (Lipinski definition) is 0. The maximum Gasteiger partial charge on any atom is 0.143 e. The van der Waals surface area contributed by atoms with E-state index in [1.165, 1.54) is 5.56 Å². The Morgan fingerprint density at radius 1 is 1.05 bits per heavy atom. The summed E-state index contributed by atoms with van der Waals surface area (Å²) in [6.07, 6.45) is 0.730. The van der Waals surface area contributed by atoms with Crippen molar-refractivity contribution < 1.29 is 9.53 Å². The first-order valence-electron chi connectivity index (χ1n) is 7.97. The van der Waals surface area contributed by atoms with Crippen molar-refractivity contribution in [3.63, 3.8) is 0 Å². The predicted molar refractivity (Wildman–Crippen MR) is 86.5 cm³/mol. The number of ketones is 1. The minimum Gasteiger partial charge on any atom is -0.375 e. The molecule has 1 aliphatic heterocycles. The Morgan fingerprint density at radius 2 is 1.62 bits per heavy atom. The van der Waals surface area contributed by atoms with Crippen LogP contribution in [0, 0.1) is 11.8 Å². The largest absolute Gasteiger partial charge is 0.375 e. The molecule has 1 aliphatic rings. The molecule has 0 aromatic heterocycles. The van der Waals surface area contributed by atoms with Gasteiger partial charge in [-0.15, -0.1) is 0 Å². The monoisotopic (exact) mass is 288 g/mol. The highest BCUT2D eigenvalue weighted by Gasteiger charge is 2.40. The van der Waals surface area contributed by atoms with E-state index in [-0.39, 0.29) is 23.5 Å². The van der Waals surface area contributed by atoms with E-state index < -0.39 is 0 Å². The Kier molecular flexibility index (Phi) is 4.57. The minimum absolute atomic E-state index is 0.0299. The molecule has 0 aliphatic carbocycles. The SMILES string of the molecule is CC1OC(C)C(C(=O)Cc2ccc(C(C)(C)C)cc2)C1C. The molecule has 0 saturated carbocycles. The van der Waals surface area contributed by atoms with Gasteiger partial charge in [0.15, 0.2) is 0 Å². The molecule has 4 unspecified atom stereocenters. The fourth-order valence-electron chi connectivity index (χ4n) is 3.26. The summed E-state index contributed by atoms with van der Waals surface area (Å²) < 4.78 is 5.79. The van der Waals surface area contributed by atoms with Crippen LogP contribution in [-0.4, -0.2) is 18.0 Å². The van der Waals surface area contributed by atoms with E-state index >= 15 is 0 Å². The van der Waals surface area contributed by atoms with Crippen LogP contribution in [0.15, 0.2) is 24.3 Å². The van der Waals surface area contributed by atoms with Crippen molar-refractivity contribution in [3.05, 3.63) is 35.4 Å². The first kappa shape index (κ1) is 16.2. The molecule has 0 spiro atoms. The van der Waals surface area contributed by atoms with Gasteiger partial charge in [-0.2, -0.15) is 0 Å². The average molecular weight is 288 g/mol. The third kappa shape index (κ3) is 3.55. The summed E-state index contributed by atoms with van der Waals surface area (Å²) in [6.45, 7) is 12.8. The summed E-state index contributed by atoms with van der Waals surface area (Å²) in [7, 11) is 0. The van der Waals surface area contributed by atoms with Gasteiger partial charge in [-0.25, -0.2) is 0 Å². The second-order valence-corrected chi connectivity index (χ2v) is 7.52. The molecule has 21 heavy (non-hydrogen) atoms. The van der Waals surface area contributed by atoms with E-state index in [0.717, 1.165) is 5.56 Å². The van der Waals surface area contributed by atoms with Crippen LogP contribution in [0.25, 0.3) is 0 Å². The summed E-state index contributed by atoms with van der Waals surface area (Å²) >= 11 is 0. The highest BCUT2D eigenvalue weighted by Crippen LogP contribution is 2.33. The van der Waals surface area contributed by atoms with E-state index in [2.05, 4.69) is 58.9 Å². The van der Waals surface area contributed by atoms with Gasteiger partial charge in [0, 0.05) is 12.3 Å². The summed E-state index contributed by atoms with van der Waals surface area (Å²) in [5.41, 5.74) is 2.56. The number of benzene rings is 1. The molecule has 4 atom stereocenters. The van der Waals surface area contributed by atoms with Crippen molar-refractivity contribution >= 4 is 5.78 Å². The van der Waals surface area contributed by atoms with Crippen molar-refractivity contribution in [2.45, 2.75) is 65.6 Å². The molecule has 1 aromatic carbocycles. The van der Waals surface area contributed by atoms with Gasteiger partial charge in [0.25, 0.3) is 0 Å². The molecule has 1 heterocycles. The lowest BCUT2D eigenvalue weighted by Crippen LogP contribution is -2.28. The Balaban J connectivity index is 2.06. The van der Waals surface area contributed by atoms with Crippen LogP contribution in [0.1, 0.15) is 52.7 Å². The van der Waals surface area contributed by atoms with Gasteiger partial charge < -0.3 is 4.74 Å². The lowest BCUT2D eigenvalue weighted by Gasteiger charge is -2.20. The van der Waals surface area contributed by atoms with Crippen LogP contribution in [0.4, 0.5) is 0 Å². The number of rotatable bonds is 3. The van der Waals surface area contributed by atoms with Crippen LogP contribution >= 0.6 is 0 Å². The van der Waals surface area contributed by atoms with Crippen LogP contribution in [0.5, 0.6) is 0 Å². The Morgan fingerprint density at radius 3 is 2.05 bits per heavy atom. The molecule has 2 rings (SSSR count). The quantitative estimate of drug-likeness (QED) is 0.835. The number of carbonyl (C=O) groups excluding carboxylic acids is 1. The van der Waals surface area contributed by atoms with Gasteiger partial charge in [-0.1, -0.05) is 52.0 Å². The molecule has 0 bridgehead atoms. The van der Waals surface area contributed by atoms with Gasteiger partial charge in [-0.3, -0.25) is 4.79 Å². The fourth-order valence-corrected chi connectivity index (χ4v) is 3.26. The van der Waals surface area contributed by atoms with Crippen molar-refractivity contribution in [1.29, 1.82) is 0 Å². The van der Waals surface area contributed by atoms with E-state index in [0.29, 0.717) is 18.1 Å². The molecule has 0 N–H and O–H groups in total. The zero-order chi connectivity index (χ0) is 15.8. The topological polar surface area (TPSA) is 26.3 Å². The van der Waals surface area contributed by atoms with Gasteiger partial charge in [0.1, 0.15) is 5.78 Å². The van der Waals surface area contributed by atoms with Crippen LogP contribution < -0.4 is 0 Å². The van der Waals surface area contributed by atoms with Crippen molar-refractivity contribution in [3.8, 4) is 0 Å². The van der Waals surface area contributed by atoms with Crippen molar-refractivity contribution in [2.75, 3.05) is 0 Å². The molecule has 116 valence electrons. The number of hydrogen-bond acceptors (Lipinski definition) is 2.